The molecular weight excluding hydrogens is 206 g/mol. The summed E-state index contributed by atoms with van der Waals surface area (Å²) in [4.78, 5) is 11.0. The Labute approximate surface area is 92.3 Å². The third-order valence-electron chi connectivity index (χ3n) is 2.51. The summed E-state index contributed by atoms with van der Waals surface area (Å²) in [7, 11) is 0. The largest absolute Gasteiger partial charge is 0.423 e. The molecule has 0 fully saturated rings. The number of aliphatic hydroxyl groups is 1. The lowest BCUT2D eigenvalue weighted by Gasteiger charge is -2.10. The normalized spacial score (nSPS) is 12.9. The van der Waals surface area contributed by atoms with Crippen LogP contribution < -0.4 is 11.4 Å². The van der Waals surface area contributed by atoms with Crippen molar-refractivity contribution in [3.05, 3.63) is 46.3 Å². The molecule has 1 aromatic heterocycles. The fourth-order valence-corrected chi connectivity index (χ4v) is 1.63. The molecule has 0 saturated heterocycles. The van der Waals surface area contributed by atoms with Gasteiger partial charge in [0, 0.05) is 24.1 Å². The maximum Gasteiger partial charge on any atom is 0.336 e. The van der Waals surface area contributed by atoms with E-state index in [1.807, 2.05) is 12.1 Å². The minimum Gasteiger partial charge on any atom is -0.423 e. The molecule has 1 aromatic carbocycles. The van der Waals surface area contributed by atoms with Crippen LogP contribution in [0.25, 0.3) is 11.0 Å². The summed E-state index contributed by atoms with van der Waals surface area (Å²) >= 11 is 0. The number of nitrogens with two attached hydrogens (primary N) is 1. The molecule has 1 heterocycles. The van der Waals surface area contributed by atoms with Crippen molar-refractivity contribution in [2.24, 2.45) is 5.73 Å². The minimum atomic E-state index is -0.361. The van der Waals surface area contributed by atoms with Gasteiger partial charge in [-0.15, -0.1) is 0 Å². The van der Waals surface area contributed by atoms with Crippen LogP contribution in [0.1, 0.15) is 18.0 Å². The van der Waals surface area contributed by atoms with E-state index in [0.29, 0.717) is 12.0 Å². The lowest BCUT2D eigenvalue weighted by atomic mass is 10.0. The molecule has 0 aliphatic rings. The Morgan fingerprint density at radius 3 is 2.88 bits per heavy atom. The van der Waals surface area contributed by atoms with E-state index < -0.39 is 0 Å². The van der Waals surface area contributed by atoms with Gasteiger partial charge >= 0.3 is 5.63 Å². The molecule has 0 spiro atoms. The Bertz CT molecular complexity index is 547. The molecule has 0 amide bonds. The Balaban J connectivity index is 2.44. The van der Waals surface area contributed by atoms with E-state index in [0.717, 1.165) is 10.9 Å². The zero-order valence-corrected chi connectivity index (χ0v) is 8.72. The highest BCUT2D eigenvalue weighted by atomic mass is 16.4. The Morgan fingerprint density at radius 1 is 1.31 bits per heavy atom. The average molecular weight is 219 g/mol. The van der Waals surface area contributed by atoms with Gasteiger partial charge in [0.2, 0.25) is 0 Å². The topological polar surface area (TPSA) is 76.5 Å². The molecule has 3 N–H and O–H groups in total. The Hall–Kier alpha value is -1.65. The van der Waals surface area contributed by atoms with Crippen LogP contribution in [-0.2, 0) is 0 Å². The lowest BCUT2D eigenvalue weighted by molar-refractivity contribution is 0.276. The van der Waals surface area contributed by atoms with Crippen LogP contribution in [0.3, 0.4) is 0 Å². The highest BCUT2D eigenvalue weighted by molar-refractivity contribution is 5.77. The van der Waals surface area contributed by atoms with Crippen LogP contribution in [0.5, 0.6) is 0 Å². The predicted molar refractivity (Wildman–Crippen MR) is 61.1 cm³/mol. The second-order valence-electron chi connectivity index (χ2n) is 3.67. The van der Waals surface area contributed by atoms with E-state index in [9.17, 15) is 4.79 Å². The van der Waals surface area contributed by atoms with Crippen LogP contribution >= 0.6 is 0 Å². The predicted octanol–water partition coefficient (Wildman–Crippen LogP) is 1.18. The SMILES string of the molecule is NC(CCO)c1ccc2oc(=O)ccc2c1. The molecule has 0 saturated carbocycles. The molecule has 2 aromatic rings. The fraction of sp³-hybridized carbons (Fsp3) is 0.250. The van der Waals surface area contributed by atoms with Crippen molar-refractivity contribution in [3.63, 3.8) is 0 Å². The first-order chi connectivity index (χ1) is 7.70. The summed E-state index contributed by atoms with van der Waals surface area (Å²) in [5, 5.41) is 9.65. The zero-order valence-electron chi connectivity index (χ0n) is 8.72. The van der Waals surface area contributed by atoms with Gasteiger partial charge in [-0.3, -0.25) is 0 Å². The number of hydrogen-bond acceptors (Lipinski definition) is 4. The number of hydrogen-bond donors (Lipinski definition) is 2. The third-order valence-corrected chi connectivity index (χ3v) is 2.51. The lowest BCUT2D eigenvalue weighted by Crippen LogP contribution is -2.11. The first-order valence-corrected chi connectivity index (χ1v) is 5.11. The van der Waals surface area contributed by atoms with Crippen LogP contribution in [0.2, 0.25) is 0 Å². The zero-order chi connectivity index (χ0) is 11.5. The van der Waals surface area contributed by atoms with Gasteiger partial charge in [-0.05, 0) is 30.2 Å². The monoisotopic (exact) mass is 219 g/mol. The average Bonchev–Trinajstić information content (AvgIpc) is 2.28. The third kappa shape index (κ3) is 2.13. The van der Waals surface area contributed by atoms with E-state index in [4.69, 9.17) is 15.3 Å². The summed E-state index contributed by atoms with van der Waals surface area (Å²) in [5.41, 5.74) is 6.99. The molecule has 1 unspecified atom stereocenters. The van der Waals surface area contributed by atoms with Gasteiger partial charge < -0.3 is 15.3 Å². The van der Waals surface area contributed by atoms with Crippen molar-refractivity contribution in [2.75, 3.05) is 6.61 Å². The Morgan fingerprint density at radius 2 is 2.12 bits per heavy atom. The van der Waals surface area contributed by atoms with Crippen LogP contribution in [0, 0.1) is 0 Å². The van der Waals surface area contributed by atoms with Gasteiger partial charge in [0.05, 0.1) is 0 Å². The van der Waals surface area contributed by atoms with Crippen LogP contribution in [0.15, 0.2) is 39.5 Å². The van der Waals surface area contributed by atoms with Gasteiger partial charge in [-0.25, -0.2) is 4.79 Å². The van der Waals surface area contributed by atoms with Gasteiger partial charge in [0.15, 0.2) is 0 Å². The van der Waals surface area contributed by atoms with Gasteiger partial charge in [-0.2, -0.15) is 0 Å². The molecule has 16 heavy (non-hydrogen) atoms. The van der Waals surface area contributed by atoms with E-state index in [1.54, 1.807) is 12.1 Å². The fourth-order valence-electron chi connectivity index (χ4n) is 1.63. The van der Waals surface area contributed by atoms with Crippen molar-refractivity contribution < 1.29 is 9.52 Å². The summed E-state index contributed by atoms with van der Waals surface area (Å²) in [6.07, 6.45) is 0.516. The molecule has 4 heteroatoms. The number of benzene rings is 1. The number of rotatable bonds is 3. The van der Waals surface area contributed by atoms with Crippen LogP contribution in [0.4, 0.5) is 0 Å². The van der Waals surface area contributed by atoms with E-state index in [1.165, 1.54) is 6.07 Å². The summed E-state index contributed by atoms with van der Waals surface area (Å²) in [6, 6.07) is 8.30. The maximum atomic E-state index is 11.0. The molecule has 84 valence electrons. The summed E-state index contributed by atoms with van der Waals surface area (Å²) < 4.78 is 5.01. The van der Waals surface area contributed by atoms with Crippen LogP contribution in [-0.4, -0.2) is 11.7 Å². The molecule has 1 atom stereocenters. The quantitative estimate of drug-likeness (QED) is 0.760. The molecule has 0 aliphatic carbocycles. The van der Waals surface area contributed by atoms with E-state index >= 15 is 0 Å². The second kappa shape index (κ2) is 4.47. The molecule has 0 bridgehead atoms. The smallest absolute Gasteiger partial charge is 0.336 e. The van der Waals surface area contributed by atoms with Gasteiger partial charge in [0.25, 0.3) is 0 Å². The van der Waals surface area contributed by atoms with Gasteiger partial charge in [-0.1, -0.05) is 6.07 Å². The first kappa shape index (κ1) is 10.9. The highest BCUT2D eigenvalue weighted by Crippen LogP contribution is 2.19. The highest BCUT2D eigenvalue weighted by Gasteiger charge is 2.06. The van der Waals surface area contributed by atoms with Crippen molar-refractivity contribution in [3.8, 4) is 0 Å². The molecular formula is C12H13NO3. The standard InChI is InChI=1S/C12H13NO3/c13-10(5-6-14)8-1-3-11-9(7-8)2-4-12(15)16-11/h1-4,7,10,14H,5-6,13H2. The van der Waals surface area contributed by atoms with E-state index in [-0.39, 0.29) is 18.3 Å². The minimum absolute atomic E-state index is 0.0586. The van der Waals surface area contributed by atoms with Gasteiger partial charge in [0.1, 0.15) is 5.58 Å². The molecule has 4 nitrogen and oxygen atoms in total. The summed E-state index contributed by atoms with van der Waals surface area (Å²) in [6.45, 7) is 0.0586. The summed E-state index contributed by atoms with van der Waals surface area (Å²) in [5.74, 6) is 0. The van der Waals surface area contributed by atoms with Crippen molar-refractivity contribution in [1.29, 1.82) is 0 Å². The Kier molecular flexibility index (Phi) is 3.03. The number of fused-ring (bicyclic) bond motifs is 1. The molecule has 0 radical (unpaired) electrons. The molecule has 0 aliphatic heterocycles. The van der Waals surface area contributed by atoms with E-state index in [2.05, 4.69) is 0 Å². The van der Waals surface area contributed by atoms with Crippen molar-refractivity contribution in [2.45, 2.75) is 12.5 Å². The maximum absolute atomic E-state index is 11.0. The number of aliphatic hydroxyl groups excluding tert-OH is 1. The van der Waals surface area contributed by atoms with Crippen molar-refractivity contribution in [1.82, 2.24) is 0 Å². The first-order valence-electron chi connectivity index (χ1n) is 5.11. The second-order valence-corrected chi connectivity index (χ2v) is 3.67. The van der Waals surface area contributed by atoms with Crippen molar-refractivity contribution >= 4 is 11.0 Å². The molecule has 2 rings (SSSR count).